The molecule has 0 fully saturated rings. The summed E-state index contributed by atoms with van der Waals surface area (Å²) in [6.07, 6.45) is 18.8. The summed E-state index contributed by atoms with van der Waals surface area (Å²) in [5.41, 5.74) is 6.09. The van der Waals surface area contributed by atoms with E-state index in [2.05, 4.69) is 56.3 Å². The molecule has 0 amide bonds. The Morgan fingerprint density at radius 1 is 0.600 bits per heavy atom. The molecule has 0 spiro atoms. The van der Waals surface area contributed by atoms with Gasteiger partial charge in [-0.3, -0.25) is 0 Å². The number of rotatable bonds is 14. The molecule has 0 atom stereocenters. The first-order chi connectivity index (χ1) is 14.7. The van der Waals surface area contributed by atoms with E-state index < -0.39 is 0 Å². The van der Waals surface area contributed by atoms with Gasteiger partial charge in [-0.25, -0.2) is 0 Å². The number of hydrogen-bond acceptors (Lipinski definition) is 0. The van der Waals surface area contributed by atoms with E-state index in [0.29, 0.717) is 0 Å². The molecule has 3 rings (SSSR count). The van der Waals surface area contributed by atoms with Gasteiger partial charge in [-0.2, -0.15) is 0 Å². The first-order valence-electron chi connectivity index (χ1n) is 12.6. The Morgan fingerprint density at radius 2 is 1.13 bits per heavy atom. The monoisotopic (exact) mass is 424 g/mol. The molecule has 164 valence electrons. The van der Waals surface area contributed by atoms with Crippen LogP contribution in [-0.2, 0) is 5.41 Å². The Morgan fingerprint density at radius 3 is 1.77 bits per heavy atom. The summed E-state index contributed by atoms with van der Waals surface area (Å²) in [4.78, 5) is 0. The van der Waals surface area contributed by atoms with Crippen LogP contribution in [0.2, 0.25) is 5.02 Å². The Hall–Kier alpha value is -1.27. The highest BCUT2D eigenvalue weighted by Crippen LogP contribution is 2.54. The van der Waals surface area contributed by atoms with Crippen LogP contribution in [0.1, 0.15) is 115 Å². The molecule has 1 aliphatic rings. The molecular weight excluding hydrogens is 384 g/mol. The van der Waals surface area contributed by atoms with Gasteiger partial charge in [0.15, 0.2) is 0 Å². The van der Waals surface area contributed by atoms with E-state index in [1.807, 2.05) is 0 Å². The number of unbranched alkanes of at least 4 members (excludes halogenated alkanes) is 10. The second-order valence-electron chi connectivity index (χ2n) is 9.35. The van der Waals surface area contributed by atoms with Crippen molar-refractivity contribution in [2.24, 2.45) is 0 Å². The van der Waals surface area contributed by atoms with E-state index in [1.165, 1.54) is 107 Å². The summed E-state index contributed by atoms with van der Waals surface area (Å²) in [5.74, 6) is 0. The average Bonchev–Trinajstić information content (AvgIpc) is 3.03. The SMILES string of the molecule is CCCCCCCCC1(CCCCCCCC)c2ccccc2-c2ccc(Cl)cc21. The molecule has 0 radical (unpaired) electrons. The summed E-state index contributed by atoms with van der Waals surface area (Å²) >= 11 is 6.53. The first-order valence-corrected chi connectivity index (χ1v) is 13.0. The molecule has 2 aromatic carbocycles. The fraction of sp³-hybridized carbons (Fsp3) is 0.586. The molecule has 0 heterocycles. The van der Waals surface area contributed by atoms with E-state index >= 15 is 0 Å². The molecule has 0 saturated heterocycles. The molecule has 1 aliphatic carbocycles. The smallest absolute Gasteiger partial charge is 0.0409 e. The Bertz CT molecular complexity index is 760. The maximum atomic E-state index is 6.53. The lowest BCUT2D eigenvalue weighted by Gasteiger charge is -2.33. The van der Waals surface area contributed by atoms with Gasteiger partial charge in [0.25, 0.3) is 0 Å². The zero-order valence-electron chi connectivity index (χ0n) is 19.3. The minimum absolute atomic E-state index is 0.159. The van der Waals surface area contributed by atoms with Gasteiger partial charge in [-0.1, -0.05) is 133 Å². The maximum Gasteiger partial charge on any atom is 0.0409 e. The third kappa shape index (κ3) is 5.50. The van der Waals surface area contributed by atoms with Crippen molar-refractivity contribution in [3.8, 4) is 11.1 Å². The number of hydrogen-bond donors (Lipinski definition) is 0. The van der Waals surface area contributed by atoms with E-state index in [1.54, 1.807) is 5.56 Å². The molecule has 0 aliphatic heterocycles. The van der Waals surface area contributed by atoms with Gasteiger partial charge in [0.1, 0.15) is 0 Å². The Balaban J connectivity index is 1.80. The average molecular weight is 425 g/mol. The summed E-state index contributed by atoms with van der Waals surface area (Å²) in [6.45, 7) is 4.59. The molecule has 0 bridgehead atoms. The van der Waals surface area contributed by atoms with Crippen molar-refractivity contribution in [3.63, 3.8) is 0 Å². The van der Waals surface area contributed by atoms with Crippen LogP contribution < -0.4 is 0 Å². The summed E-state index contributed by atoms with van der Waals surface area (Å²) in [7, 11) is 0. The minimum Gasteiger partial charge on any atom is -0.0843 e. The molecule has 2 aromatic rings. The van der Waals surface area contributed by atoms with Crippen molar-refractivity contribution >= 4 is 11.6 Å². The number of fused-ring (bicyclic) bond motifs is 3. The third-order valence-corrected chi connectivity index (χ3v) is 7.38. The van der Waals surface area contributed by atoms with Gasteiger partial charge < -0.3 is 0 Å². The summed E-state index contributed by atoms with van der Waals surface area (Å²) in [6, 6.07) is 15.8. The molecule has 0 N–H and O–H groups in total. The van der Waals surface area contributed by atoms with Gasteiger partial charge >= 0.3 is 0 Å². The van der Waals surface area contributed by atoms with E-state index in [0.717, 1.165) is 5.02 Å². The quantitative estimate of drug-likeness (QED) is 0.264. The van der Waals surface area contributed by atoms with Crippen molar-refractivity contribution in [1.82, 2.24) is 0 Å². The van der Waals surface area contributed by atoms with Crippen molar-refractivity contribution < 1.29 is 0 Å². The van der Waals surface area contributed by atoms with E-state index in [9.17, 15) is 0 Å². The highest BCUT2D eigenvalue weighted by molar-refractivity contribution is 6.30. The topological polar surface area (TPSA) is 0 Å². The molecule has 30 heavy (non-hydrogen) atoms. The molecule has 0 nitrogen and oxygen atoms in total. The summed E-state index contributed by atoms with van der Waals surface area (Å²) in [5, 5.41) is 0.886. The molecular formula is C29H41Cl. The van der Waals surface area contributed by atoms with Crippen LogP contribution >= 0.6 is 11.6 Å². The Labute approximate surface area is 190 Å². The van der Waals surface area contributed by atoms with Crippen LogP contribution in [0.25, 0.3) is 11.1 Å². The zero-order chi connectivity index (χ0) is 21.2. The van der Waals surface area contributed by atoms with Gasteiger partial charge in [0.05, 0.1) is 0 Å². The highest BCUT2D eigenvalue weighted by Gasteiger charge is 2.42. The lowest BCUT2D eigenvalue weighted by atomic mass is 9.70. The third-order valence-electron chi connectivity index (χ3n) is 7.14. The predicted molar refractivity (Wildman–Crippen MR) is 134 cm³/mol. The minimum atomic E-state index is 0.159. The number of benzene rings is 2. The fourth-order valence-electron chi connectivity index (χ4n) is 5.51. The second-order valence-corrected chi connectivity index (χ2v) is 9.79. The fourth-order valence-corrected chi connectivity index (χ4v) is 5.68. The van der Waals surface area contributed by atoms with Crippen LogP contribution in [0.3, 0.4) is 0 Å². The van der Waals surface area contributed by atoms with Gasteiger partial charge in [0.2, 0.25) is 0 Å². The normalized spacial score (nSPS) is 14.0. The summed E-state index contributed by atoms with van der Waals surface area (Å²) < 4.78 is 0. The predicted octanol–water partition coefficient (Wildman–Crippen LogP) is 10.1. The van der Waals surface area contributed by atoms with Crippen molar-refractivity contribution in [3.05, 3.63) is 58.6 Å². The molecule has 0 unspecified atom stereocenters. The van der Waals surface area contributed by atoms with Crippen molar-refractivity contribution in [2.75, 3.05) is 0 Å². The second kappa shape index (κ2) is 11.9. The lowest BCUT2D eigenvalue weighted by molar-refractivity contribution is 0.398. The van der Waals surface area contributed by atoms with Gasteiger partial charge in [-0.05, 0) is 47.2 Å². The van der Waals surface area contributed by atoms with E-state index in [4.69, 9.17) is 11.6 Å². The van der Waals surface area contributed by atoms with Crippen LogP contribution in [0.5, 0.6) is 0 Å². The van der Waals surface area contributed by atoms with Crippen LogP contribution in [0.15, 0.2) is 42.5 Å². The van der Waals surface area contributed by atoms with Crippen LogP contribution in [0.4, 0.5) is 0 Å². The Kier molecular flexibility index (Phi) is 9.31. The lowest BCUT2D eigenvalue weighted by Crippen LogP contribution is -2.25. The van der Waals surface area contributed by atoms with E-state index in [-0.39, 0.29) is 5.41 Å². The standard InChI is InChI=1S/C29H41Cl/c1-3-5-7-9-11-15-21-29(22-16-12-10-8-6-4-2)27-18-14-13-17-25(27)26-20-19-24(30)23-28(26)29/h13-14,17-20,23H,3-12,15-16,21-22H2,1-2H3. The van der Waals surface area contributed by atoms with Crippen LogP contribution in [-0.4, -0.2) is 0 Å². The molecule has 1 heteroatoms. The number of halogens is 1. The van der Waals surface area contributed by atoms with Gasteiger partial charge in [-0.15, -0.1) is 0 Å². The van der Waals surface area contributed by atoms with Crippen molar-refractivity contribution in [1.29, 1.82) is 0 Å². The first kappa shape index (κ1) is 23.4. The van der Waals surface area contributed by atoms with Gasteiger partial charge in [0, 0.05) is 10.4 Å². The largest absolute Gasteiger partial charge is 0.0843 e. The van der Waals surface area contributed by atoms with Crippen molar-refractivity contribution in [2.45, 2.75) is 109 Å². The maximum absolute atomic E-state index is 6.53. The molecule has 0 aromatic heterocycles. The van der Waals surface area contributed by atoms with Crippen LogP contribution in [0, 0.1) is 0 Å². The highest BCUT2D eigenvalue weighted by atomic mass is 35.5. The molecule has 0 saturated carbocycles. The zero-order valence-corrected chi connectivity index (χ0v) is 20.1.